The van der Waals surface area contributed by atoms with Crippen LogP contribution in [0.2, 0.25) is 0 Å². The van der Waals surface area contributed by atoms with E-state index in [2.05, 4.69) is 29.6 Å². The number of nitrogens with two attached hydrogens (primary N) is 1. The van der Waals surface area contributed by atoms with Gasteiger partial charge in [0.05, 0.1) is 0 Å². The summed E-state index contributed by atoms with van der Waals surface area (Å²) in [6.07, 6.45) is 0.961. The van der Waals surface area contributed by atoms with Crippen molar-refractivity contribution in [3.05, 3.63) is 59.7 Å². The van der Waals surface area contributed by atoms with Crippen LogP contribution >= 0.6 is 0 Å². The zero-order valence-electron chi connectivity index (χ0n) is 12.4. The van der Waals surface area contributed by atoms with Crippen LogP contribution in [-0.2, 0) is 0 Å². The first kappa shape index (κ1) is 13.6. The van der Waals surface area contributed by atoms with Gasteiger partial charge >= 0.3 is 0 Å². The van der Waals surface area contributed by atoms with E-state index in [4.69, 9.17) is 15.2 Å². The molecule has 0 spiro atoms. The van der Waals surface area contributed by atoms with E-state index in [1.165, 1.54) is 11.1 Å². The van der Waals surface area contributed by atoms with Gasteiger partial charge in [-0.05, 0) is 29.7 Å². The highest BCUT2D eigenvalue weighted by molar-refractivity contribution is 5.41. The normalized spacial score (nSPS) is 25.8. The summed E-state index contributed by atoms with van der Waals surface area (Å²) in [5.41, 5.74) is 8.78. The summed E-state index contributed by atoms with van der Waals surface area (Å²) in [7, 11) is 0. The molecule has 0 fully saturated rings. The fourth-order valence-corrected chi connectivity index (χ4v) is 3.30. The van der Waals surface area contributed by atoms with E-state index in [0.717, 1.165) is 24.5 Å². The summed E-state index contributed by atoms with van der Waals surface area (Å²) in [6, 6.07) is 16.6. The third kappa shape index (κ3) is 2.45. The molecule has 0 radical (unpaired) electrons. The maximum absolute atomic E-state index is 6.21. The Morgan fingerprint density at radius 2 is 1.73 bits per heavy atom. The molecule has 1 heterocycles. The van der Waals surface area contributed by atoms with Gasteiger partial charge in [-0.2, -0.15) is 0 Å². The Labute approximate surface area is 130 Å². The Morgan fingerprint density at radius 3 is 2.59 bits per heavy atom. The van der Waals surface area contributed by atoms with Crippen LogP contribution in [0.3, 0.4) is 0 Å². The van der Waals surface area contributed by atoms with Gasteiger partial charge in [-0.1, -0.05) is 36.4 Å². The van der Waals surface area contributed by atoms with E-state index in [9.17, 15) is 0 Å². The molecule has 0 amide bonds. The number of rotatable bonds is 3. The van der Waals surface area contributed by atoms with Crippen molar-refractivity contribution in [1.29, 1.82) is 0 Å². The van der Waals surface area contributed by atoms with E-state index >= 15 is 0 Å². The van der Waals surface area contributed by atoms with Gasteiger partial charge in [0.25, 0.3) is 0 Å². The van der Waals surface area contributed by atoms with Crippen molar-refractivity contribution < 1.29 is 9.47 Å². The molecule has 3 N–H and O–H groups in total. The molecule has 4 rings (SSSR count). The van der Waals surface area contributed by atoms with Gasteiger partial charge in [0, 0.05) is 18.6 Å². The topological polar surface area (TPSA) is 56.5 Å². The van der Waals surface area contributed by atoms with Crippen molar-refractivity contribution in [2.75, 3.05) is 13.2 Å². The number of nitrogens with one attached hydrogen (secondary N) is 1. The minimum atomic E-state index is 0.0267. The molecule has 4 nitrogen and oxygen atoms in total. The molecule has 2 aromatic carbocycles. The number of fused-ring (bicyclic) bond motifs is 2. The van der Waals surface area contributed by atoms with E-state index in [-0.39, 0.29) is 12.1 Å². The first-order valence-electron chi connectivity index (χ1n) is 7.77. The zero-order chi connectivity index (χ0) is 14.9. The fourth-order valence-electron chi connectivity index (χ4n) is 3.30. The first-order valence-corrected chi connectivity index (χ1v) is 7.77. The maximum Gasteiger partial charge on any atom is 0.161 e. The Balaban J connectivity index is 1.41. The van der Waals surface area contributed by atoms with Gasteiger partial charge in [0.1, 0.15) is 12.7 Å². The predicted octanol–water partition coefficient (Wildman–Crippen LogP) is 2.56. The largest absolute Gasteiger partial charge is 0.486 e. The van der Waals surface area contributed by atoms with Crippen molar-refractivity contribution in [2.24, 2.45) is 5.73 Å². The molecule has 1 aliphatic heterocycles. The molecule has 2 aromatic rings. The lowest BCUT2D eigenvalue weighted by atomic mass is 10.1. The van der Waals surface area contributed by atoms with E-state index in [0.29, 0.717) is 12.6 Å². The second-order valence-electron chi connectivity index (χ2n) is 5.93. The Bertz CT molecular complexity index is 674. The molecule has 114 valence electrons. The van der Waals surface area contributed by atoms with Crippen LogP contribution in [0.15, 0.2) is 48.5 Å². The summed E-state index contributed by atoms with van der Waals surface area (Å²) in [5.74, 6) is 1.65. The summed E-state index contributed by atoms with van der Waals surface area (Å²) >= 11 is 0. The van der Waals surface area contributed by atoms with Crippen LogP contribution in [0, 0.1) is 0 Å². The molecule has 0 bridgehead atoms. The lowest BCUT2D eigenvalue weighted by molar-refractivity contribution is 0.0880. The van der Waals surface area contributed by atoms with Gasteiger partial charge in [0.2, 0.25) is 0 Å². The SMILES string of the molecule is NC1CC(NCC2COc3ccccc3O2)c2ccccc21. The van der Waals surface area contributed by atoms with Crippen LogP contribution in [-0.4, -0.2) is 19.3 Å². The Kier molecular flexibility index (Phi) is 3.48. The smallest absolute Gasteiger partial charge is 0.161 e. The van der Waals surface area contributed by atoms with Gasteiger partial charge < -0.3 is 20.5 Å². The predicted molar refractivity (Wildman–Crippen MR) is 85.1 cm³/mol. The van der Waals surface area contributed by atoms with Gasteiger partial charge in [0.15, 0.2) is 11.5 Å². The van der Waals surface area contributed by atoms with Gasteiger partial charge in [-0.3, -0.25) is 0 Å². The third-order valence-electron chi connectivity index (χ3n) is 4.42. The Hall–Kier alpha value is -2.04. The van der Waals surface area contributed by atoms with Crippen molar-refractivity contribution >= 4 is 0 Å². The summed E-state index contributed by atoms with van der Waals surface area (Å²) in [4.78, 5) is 0. The van der Waals surface area contributed by atoms with Crippen LogP contribution < -0.4 is 20.5 Å². The van der Waals surface area contributed by atoms with Crippen LogP contribution in [0.25, 0.3) is 0 Å². The standard InChI is InChI=1S/C18H20N2O2/c19-15-9-16(14-6-2-1-5-13(14)15)20-10-12-11-21-17-7-3-4-8-18(17)22-12/h1-8,12,15-16,20H,9-11,19H2. The van der Waals surface area contributed by atoms with E-state index < -0.39 is 0 Å². The third-order valence-corrected chi connectivity index (χ3v) is 4.42. The molecule has 3 unspecified atom stereocenters. The second-order valence-corrected chi connectivity index (χ2v) is 5.93. The second kappa shape index (κ2) is 5.63. The number of ether oxygens (including phenoxy) is 2. The quantitative estimate of drug-likeness (QED) is 0.914. The molecule has 4 heteroatoms. The number of hydrogen-bond donors (Lipinski definition) is 2. The highest BCUT2D eigenvalue weighted by Crippen LogP contribution is 2.37. The molecule has 2 aliphatic rings. The highest BCUT2D eigenvalue weighted by Gasteiger charge is 2.29. The highest BCUT2D eigenvalue weighted by atomic mass is 16.6. The number of para-hydroxylation sites is 2. The fraction of sp³-hybridized carbons (Fsp3) is 0.333. The molecule has 0 aromatic heterocycles. The van der Waals surface area contributed by atoms with Crippen molar-refractivity contribution in [2.45, 2.75) is 24.6 Å². The summed E-state index contributed by atoms with van der Waals surface area (Å²) in [5, 5.41) is 3.58. The van der Waals surface area contributed by atoms with E-state index in [1.807, 2.05) is 24.3 Å². The minimum absolute atomic E-state index is 0.0267. The van der Waals surface area contributed by atoms with Gasteiger partial charge in [-0.15, -0.1) is 0 Å². The summed E-state index contributed by atoms with van der Waals surface area (Å²) in [6.45, 7) is 1.32. The lowest BCUT2D eigenvalue weighted by Gasteiger charge is -2.27. The van der Waals surface area contributed by atoms with Crippen LogP contribution in [0.4, 0.5) is 0 Å². The Morgan fingerprint density at radius 1 is 1.00 bits per heavy atom. The van der Waals surface area contributed by atoms with E-state index in [1.54, 1.807) is 0 Å². The molecule has 0 saturated heterocycles. The minimum Gasteiger partial charge on any atom is -0.486 e. The molecule has 22 heavy (non-hydrogen) atoms. The number of benzene rings is 2. The van der Waals surface area contributed by atoms with Gasteiger partial charge in [-0.25, -0.2) is 0 Å². The monoisotopic (exact) mass is 296 g/mol. The molecular weight excluding hydrogens is 276 g/mol. The maximum atomic E-state index is 6.21. The zero-order valence-corrected chi connectivity index (χ0v) is 12.4. The summed E-state index contributed by atoms with van der Waals surface area (Å²) < 4.78 is 11.7. The first-order chi connectivity index (χ1) is 10.8. The molecule has 3 atom stereocenters. The van der Waals surface area contributed by atoms with Crippen LogP contribution in [0.5, 0.6) is 11.5 Å². The van der Waals surface area contributed by atoms with Crippen LogP contribution in [0.1, 0.15) is 29.6 Å². The molecule has 1 aliphatic carbocycles. The molecular formula is C18H20N2O2. The van der Waals surface area contributed by atoms with Crippen molar-refractivity contribution in [3.63, 3.8) is 0 Å². The average Bonchev–Trinajstić information content (AvgIpc) is 2.89. The van der Waals surface area contributed by atoms with Crippen molar-refractivity contribution in [1.82, 2.24) is 5.32 Å². The average molecular weight is 296 g/mol. The number of hydrogen-bond acceptors (Lipinski definition) is 4. The molecule has 0 saturated carbocycles. The van der Waals surface area contributed by atoms with Crippen molar-refractivity contribution in [3.8, 4) is 11.5 Å². The lowest BCUT2D eigenvalue weighted by Crippen LogP contribution is -2.39.